The summed E-state index contributed by atoms with van der Waals surface area (Å²) in [5.74, 6) is 5.98. The molecule has 0 atom stereocenters. The van der Waals surface area contributed by atoms with Gasteiger partial charge in [-0.05, 0) is 6.92 Å². The van der Waals surface area contributed by atoms with E-state index < -0.39 is 0 Å². The molecule has 1 aromatic rings. The minimum Gasteiger partial charge on any atom is -0.473 e. The fourth-order valence-corrected chi connectivity index (χ4v) is 0.722. The average Bonchev–Trinajstić information content (AvgIpc) is 2.19. The molecule has 0 aliphatic heterocycles. The molecule has 5 heteroatoms. The molecule has 0 saturated carbocycles. The van der Waals surface area contributed by atoms with Crippen molar-refractivity contribution in [2.45, 2.75) is 6.92 Å². The molecule has 0 aliphatic carbocycles. The Morgan fingerprint density at radius 2 is 2.54 bits per heavy atom. The highest BCUT2D eigenvalue weighted by atomic mass is 16.5. The van der Waals surface area contributed by atoms with Crippen LogP contribution in [0.1, 0.15) is 6.92 Å². The van der Waals surface area contributed by atoms with Gasteiger partial charge < -0.3 is 4.74 Å². The number of ether oxygens (including phenoxy) is 1. The lowest BCUT2D eigenvalue weighted by Crippen LogP contribution is -2.10. The van der Waals surface area contributed by atoms with Gasteiger partial charge in [0.2, 0.25) is 11.8 Å². The number of nitrogen functional groups attached to an aromatic ring is 1. The molecule has 5 nitrogen and oxygen atoms in total. The number of nitrogens with two attached hydrogens (primary N) is 1. The van der Waals surface area contributed by atoms with E-state index in [0.29, 0.717) is 18.4 Å². The molecule has 0 spiro atoms. The van der Waals surface area contributed by atoms with E-state index in [-0.39, 0.29) is 0 Å². The maximum atomic E-state index is 5.26. The Morgan fingerprint density at radius 1 is 1.69 bits per heavy atom. The van der Waals surface area contributed by atoms with Crippen LogP contribution >= 0.6 is 0 Å². The van der Waals surface area contributed by atoms with Crippen molar-refractivity contribution in [1.82, 2.24) is 9.97 Å². The highest BCUT2D eigenvalue weighted by Gasteiger charge is 1.95. The minimum absolute atomic E-state index is 0.345. The number of allylic oxidation sites excluding steroid dienone is 1. The van der Waals surface area contributed by atoms with Crippen molar-refractivity contribution in [3.8, 4) is 5.88 Å². The fourth-order valence-electron chi connectivity index (χ4n) is 0.722. The van der Waals surface area contributed by atoms with Gasteiger partial charge in [0.1, 0.15) is 6.61 Å². The second kappa shape index (κ2) is 5.10. The van der Waals surface area contributed by atoms with Crippen molar-refractivity contribution < 1.29 is 4.74 Å². The van der Waals surface area contributed by atoms with Crippen LogP contribution in [0.25, 0.3) is 0 Å². The van der Waals surface area contributed by atoms with E-state index in [0.717, 1.165) is 0 Å². The van der Waals surface area contributed by atoms with E-state index >= 15 is 0 Å². The third-order valence-electron chi connectivity index (χ3n) is 1.32. The largest absolute Gasteiger partial charge is 0.473 e. The van der Waals surface area contributed by atoms with Crippen LogP contribution in [0.15, 0.2) is 24.4 Å². The predicted molar refractivity (Wildman–Crippen MR) is 50.2 cm³/mol. The van der Waals surface area contributed by atoms with E-state index in [4.69, 9.17) is 10.6 Å². The first-order valence-electron chi connectivity index (χ1n) is 3.90. The summed E-state index contributed by atoms with van der Waals surface area (Å²) >= 11 is 0. The Balaban J connectivity index is 2.56. The Labute approximate surface area is 76.6 Å². The van der Waals surface area contributed by atoms with Crippen LogP contribution in [0, 0.1) is 0 Å². The molecule has 0 aromatic carbocycles. The second-order valence-corrected chi connectivity index (χ2v) is 2.24. The summed E-state index contributed by atoms with van der Waals surface area (Å²) in [6.07, 6.45) is 5.37. The average molecular weight is 180 g/mol. The van der Waals surface area contributed by atoms with Gasteiger partial charge in [0.25, 0.3) is 0 Å². The molecule has 0 amide bonds. The standard InChI is InChI=1S/C8H12N4O/c1-2-3-6-13-7-4-5-10-8(11-7)12-9/h2-5H,6,9H2,1H3,(H,10,11,12)/b3-2+. The monoisotopic (exact) mass is 180 g/mol. The topological polar surface area (TPSA) is 73.1 Å². The SMILES string of the molecule is C/C=C/COc1ccnc(NN)n1. The molecular weight excluding hydrogens is 168 g/mol. The number of anilines is 1. The van der Waals surface area contributed by atoms with Gasteiger partial charge in [-0.25, -0.2) is 10.8 Å². The number of hydrogen-bond donors (Lipinski definition) is 2. The fraction of sp³-hybridized carbons (Fsp3) is 0.250. The number of aromatic nitrogens is 2. The Morgan fingerprint density at radius 3 is 3.23 bits per heavy atom. The molecule has 0 saturated heterocycles. The lowest BCUT2D eigenvalue weighted by atomic mass is 10.5. The van der Waals surface area contributed by atoms with E-state index in [2.05, 4.69) is 15.4 Å². The number of hydrazine groups is 1. The molecule has 70 valence electrons. The summed E-state index contributed by atoms with van der Waals surface area (Å²) in [6, 6.07) is 1.67. The molecule has 1 rings (SSSR count). The minimum atomic E-state index is 0.345. The first-order chi connectivity index (χ1) is 6.36. The van der Waals surface area contributed by atoms with Crippen LogP contribution in [-0.2, 0) is 0 Å². The lowest BCUT2D eigenvalue weighted by Gasteiger charge is -2.02. The van der Waals surface area contributed by atoms with Crippen molar-refractivity contribution >= 4 is 5.95 Å². The molecule has 0 radical (unpaired) electrons. The van der Waals surface area contributed by atoms with Gasteiger partial charge >= 0.3 is 0 Å². The van der Waals surface area contributed by atoms with Crippen molar-refractivity contribution in [2.75, 3.05) is 12.0 Å². The predicted octanol–water partition coefficient (Wildman–Crippen LogP) is 0.717. The molecule has 0 unspecified atom stereocenters. The van der Waals surface area contributed by atoms with E-state index in [1.165, 1.54) is 0 Å². The molecule has 0 aliphatic rings. The van der Waals surface area contributed by atoms with Gasteiger partial charge in [-0.3, -0.25) is 5.43 Å². The number of nitrogens with one attached hydrogen (secondary N) is 1. The normalized spacial score (nSPS) is 10.3. The van der Waals surface area contributed by atoms with E-state index in [1.54, 1.807) is 12.3 Å². The van der Waals surface area contributed by atoms with Gasteiger partial charge in [-0.2, -0.15) is 4.98 Å². The van der Waals surface area contributed by atoms with Crippen molar-refractivity contribution in [3.05, 3.63) is 24.4 Å². The van der Waals surface area contributed by atoms with Crippen LogP contribution in [0.4, 0.5) is 5.95 Å². The number of rotatable bonds is 4. The summed E-state index contributed by atoms with van der Waals surface area (Å²) in [7, 11) is 0. The first kappa shape index (κ1) is 9.47. The number of nitrogens with zero attached hydrogens (tertiary/aromatic N) is 2. The van der Waals surface area contributed by atoms with Crippen molar-refractivity contribution in [1.29, 1.82) is 0 Å². The third-order valence-corrected chi connectivity index (χ3v) is 1.32. The van der Waals surface area contributed by atoms with Crippen molar-refractivity contribution in [3.63, 3.8) is 0 Å². The van der Waals surface area contributed by atoms with Crippen LogP contribution in [0.5, 0.6) is 5.88 Å². The smallest absolute Gasteiger partial charge is 0.240 e. The molecular formula is C8H12N4O. The van der Waals surface area contributed by atoms with E-state index in [1.807, 2.05) is 19.1 Å². The lowest BCUT2D eigenvalue weighted by molar-refractivity contribution is 0.348. The summed E-state index contributed by atoms with van der Waals surface area (Å²) < 4.78 is 5.26. The molecule has 0 bridgehead atoms. The van der Waals surface area contributed by atoms with Gasteiger partial charge in [0, 0.05) is 12.3 Å². The van der Waals surface area contributed by atoms with Crippen LogP contribution in [0.3, 0.4) is 0 Å². The summed E-state index contributed by atoms with van der Waals surface area (Å²) in [5, 5.41) is 0. The van der Waals surface area contributed by atoms with Crippen LogP contribution in [0.2, 0.25) is 0 Å². The maximum Gasteiger partial charge on any atom is 0.240 e. The van der Waals surface area contributed by atoms with Gasteiger partial charge in [0.15, 0.2) is 0 Å². The number of hydrogen-bond acceptors (Lipinski definition) is 5. The summed E-state index contributed by atoms with van der Waals surface area (Å²) in [4.78, 5) is 7.80. The molecule has 1 heterocycles. The Hall–Kier alpha value is -1.62. The summed E-state index contributed by atoms with van der Waals surface area (Å²) in [5.41, 5.74) is 2.34. The van der Waals surface area contributed by atoms with Crippen LogP contribution in [-0.4, -0.2) is 16.6 Å². The van der Waals surface area contributed by atoms with Crippen molar-refractivity contribution in [2.24, 2.45) is 5.84 Å². The van der Waals surface area contributed by atoms with Gasteiger partial charge in [0.05, 0.1) is 0 Å². The second-order valence-electron chi connectivity index (χ2n) is 2.24. The van der Waals surface area contributed by atoms with Gasteiger partial charge in [-0.1, -0.05) is 12.2 Å². The summed E-state index contributed by atoms with van der Waals surface area (Å²) in [6.45, 7) is 2.42. The maximum absolute atomic E-state index is 5.26. The molecule has 13 heavy (non-hydrogen) atoms. The molecule has 1 aromatic heterocycles. The third kappa shape index (κ3) is 3.08. The zero-order chi connectivity index (χ0) is 9.52. The Bertz CT molecular complexity index is 287. The Kier molecular flexibility index (Phi) is 3.72. The first-order valence-corrected chi connectivity index (χ1v) is 3.90. The zero-order valence-corrected chi connectivity index (χ0v) is 7.40. The van der Waals surface area contributed by atoms with Crippen LogP contribution < -0.4 is 16.0 Å². The quantitative estimate of drug-likeness (QED) is 0.405. The molecule has 0 fully saturated rings. The van der Waals surface area contributed by atoms with Gasteiger partial charge in [-0.15, -0.1) is 0 Å². The highest BCUT2D eigenvalue weighted by molar-refractivity contribution is 5.25. The van der Waals surface area contributed by atoms with E-state index in [9.17, 15) is 0 Å². The zero-order valence-electron chi connectivity index (χ0n) is 7.40. The molecule has 3 N–H and O–H groups in total. The highest BCUT2D eigenvalue weighted by Crippen LogP contribution is 2.06.